The van der Waals surface area contributed by atoms with Crippen molar-refractivity contribution in [2.75, 3.05) is 19.6 Å². The number of nitrogens with zero attached hydrogens (tertiary/aromatic N) is 1. The van der Waals surface area contributed by atoms with Crippen LogP contribution in [0.5, 0.6) is 0 Å². The maximum absolute atomic E-state index is 4.48. The van der Waals surface area contributed by atoms with E-state index >= 15 is 0 Å². The molecule has 2 heteroatoms. The van der Waals surface area contributed by atoms with Crippen molar-refractivity contribution in [2.24, 2.45) is 0 Å². The number of allylic oxidation sites excluding steroid dienone is 2. The van der Waals surface area contributed by atoms with E-state index in [0.29, 0.717) is 5.25 Å². The Labute approximate surface area is 92.6 Å². The molecule has 14 heavy (non-hydrogen) atoms. The zero-order chi connectivity index (χ0) is 10.4. The predicted octanol–water partition coefficient (Wildman–Crippen LogP) is 2.68. The molecule has 0 aromatic carbocycles. The predicted molar refractivity (Wildman–Crippen MR) is 66.9 cm³/mol. The molecule has 0 aromatic rings. The minimum atomic E-state index is 0.599. The van der Waals surface area contributed by atoms with Crippen molar-refractivity contribution in [3.63, 3.8) is 0 Å². The lowest BCUT2D eigenvalue weighted by atomic mass is 10.1. The first-order valence-corrected chi connectivity index (χ1v) is 5.62. The van der Waals surface area contributed by atoms with E-state index in [4.69, 9.17) is 0 Å². The van der Waals surface area contributed by atoms with E-state index in [2.05, 4.69) is 30.7 Å². The van der Waals surface area contributed by atoms with Gasteiger partial charge < -0.3 is 0 Å². The van der Waals surface area contributed by atoms with Gasteiger partial charge in [0.25, 0.3) is 0 Å². The SMILES string of the molecule is C=C/C=C(\C=C)CN1CCC(S)CC1. The fourth-order valence-corrected chi connectivity index (χ4v) is 1.90. The molecule has 1 aliphatic heterocycles. The zero-order valence-electron chi connectivity index (χ0n) is 8.65. The second kappa shape index (κ2) is 6.10. The summed E-state index contributed by atoms with van der Waals surface area (Å²) in [4.78, 5) is 2.45. The van der Waals surface area contributed by atoms with Crippen LogP contribution < -0.4 is 0 Å². The Morgan fingerprint density at radius 1 is 1.36 bits per heavy atom. The topological polar surface area (TPSA) is 3.24 Å². The fraction of sp³-hybridized carbons (Fsp3) is 0.500. The molecule has 0 aromatic heterocycles. The Morgan fingerprint density at radius 3 is 2.50 bits per heavy atom. The summed E-state index contributed by atoms with van der Waals surface area (Å²) < 4.78 is 0. The van der Waals surface area contributed by atoms with Crippen molar-refractivity contribution >= 4 is 12.6 Å². The van der Waals surface area contributed by atoms with Crippen molar-refractivity contribution in [3.8, 4) is 0 Å². The van der Waals surface area contributed by atoms with Crippen LogP contribution in [-0.2, 0) is 0 Å². The monoisotopic (exact) mass is 209 g/mol. The third-order valence-corrected chi connectivity index (χ3v) is 3.07. The average Bonchev–Trinajstić information content (AvgIpc) is 2.20. The third-order valence-electron chi connectivity index (χ3n) is 2.56. The Bertz CT molecular complexity index is 224. The molecule has 0 aliphatic carbocycles. The average molecular weight is 209 g/mol. The molecule has 0 saturated carbocycles. The van der Waals surface area contributed by atoms with E-state index in [9.17, 15) is 0 Å². The molecule has 1 fully saturated rings. The lowest BCUT2D eigenvalue weighted by Crippen LogP contribution is -2.35. The highest BCUT2D eigenvalue weighted by atomic mass is 32.1. The van der Waals surface area contributed by atoms with Crippen molar-refractivity contribution in [1.29, 1.82) is 0 Å². The van der Waals surface area contributed by atoms with Gasteiger partial charge in [0.15, 0.2) is 0 Å². The van der Waals surface area contributed by atoms with Crippen LogP contribution in [0.2, 0.25) is 0 Å². The van der Waals surface area contributed by atoms with Gasteiger partial charge in [0.2, 0.25) is 0 Å². The van der Waals surface area contributed by atoms with Gasteiger partial charge in [0.1, 0.15) is 0 Å². The maximum Gasteiger partial charge on any atom is 0.0233 e. The van der Waals surface area contributed by atoms with Crippen LogP contribution in [0, 0.1) is 0 Å². The smallest absolute Gasteiger partial charge is 0.0233 e. The summed E-state index contributed by atoms with van der Waals surface area (Å²) in [6.07, 6.45) is 8.15. The summed E-state index contributed by atoms with van der Waals surface area (Å²) in [6, 6.07) is 0. The Hall–Kier alpha value is -0.470. The highest BCUT2D eigenvalue weighted by Crippen LogP contribution is 2.16. The van der Waals surface area contributed by atoms with E-state index in [-0.39, 0.29) is 0 Å². The molecule has 1 aliphatic rings. The molecule has 0 N–H and O–H groups in total. The van der Waals surface area contributed by atoms with Crippen LogP contribution in [0.25, 0.3) is 0 Å². The summed E-state index contributed by atoms with van der Waals surface area (Å²) >= 11 is 4.48. The van der Waals surface area contributed by atoms with Gasteiger partial charge in [-0.2, -0.15) is 12.6 Å². The standard InChI is InChI=1S/C12H19NS/c1-3-5-11(4-2)10-13-8-6-12(14)7-9-13/h3-5,12,14H,1-2,6-10H2/b11-5+. The van der Waals surface area contributed by atoms with Crippen LogP contribution in [0.1, 0.15) is 12.8 Å². The van der Waals surface area contributed by atoms with Crippen LogP contribution >= 0.6 is 12.6 Å². The molecule has 1 saturated heterocycles. The molecule has 0 bridgehead atoms. The normalized spacial score (nSPS) is 20.8. The van der Waals surface area contributed by atoms with Gasteiger partial charge in [0, 0.05) is 11.8 Å². The van der Waals surface area contributed by atoms with Gasteiger partial charge in [-0.25, -0.2) is 0 Å². The molecule has 1 rings (SSSR count). The molecule has 0 amide bonds. The molecule has 0 radical (unpaired) electrons. The molecule has 1 heterocycles. The first-order valence-electron chi connectivity index (χ1n) is 5.10. The summed E-state index contributed by atoms with van der Waals surface area (Å²) in [5.74, 6) is 0. The summed E-state index contributed by atoms with van der Waals surface area (Å²) in [6.45, 7) is 10.8. The van der Waals surface area contributed by atoms with Crippen LogP contribution in [0.4, 0.5) is 0 Å². The number of rotatable bonds is 4. The molecule has 0 atom stereocenters. The Morgan fingerprint density at radius 2 is 2.00 bits per heavy atom. The van der Waals surface area contributed by atoms with Crippen molar-refractivity contribution in [1.82, 2.24) is 4.90 Å². The number of hydrogen-bond donors (Lipinski definition) is 1. The van der Waals surface area contributed by atoms with E-state index in [0.717, 1.165) is 19.6 Å². The van der Waals surface area contributed by atoms with E-state index in [1.165, 1.54) is 18.4 Å². The van der Waals surface area contributed by atoms with Crippen LogP contribution in [0.15, 0.2) is 37.0 Å². The largest absolute Gasteiger partial charge is 0.299 e. The summed E-state index contributed by atoms with van der Waals surface area (Å²) in [7, 11) is 0. The zero-order valence-corrected chi connectivity index (χ0v) is 9.55. The molecular formula is C12H19NS. The van der Waals surface area contributed by atoms with Gasteiger partial charge in [0.05, 0.1) is 0 Å². The number of piperidine rings is 1. The number of thiol groups is 1. The van der Waals surface area contributed by atoms with E-state index in [1.54, 1.807) is 0 Å². The maximum atomic E-state index is 4.48. The van der Waals surface area contributed by atoms with Crippen molar-refractivity contribution in [3.05, 3.63) is 37.0 Å². The van der Waals surface area contributed by atoms with E-state index in [1.807, 2.05) is 18.2 Å². The van der Waals surface area contributed by atoms with Crippen LogP contribution in [0.3, 0.4) is 0 Å². The Balaban J connectivity index is 2.39. The lowest BCUT2D eigenvalue weighted by molar-refractivity contribution is 0.253. The van der Waals surface area contributed by atoms with Gasteiger partial charge >= 0.3 is 0 Å². The first-order chi connectivity index (χ1) is 6.76. The molecule has 0 spiro atoms. The second-order valence-corrected chi connectivity index (χ2v) is 4.42. The first kappa shape index (κ1) is 11.6. The molecular weight excluding hydrogens is 190 g/mol. The highest BCUT2D eigenvalue weighted by molar-refractivity contribution is 7.80. The number of hydrogen-bond acceptors (Lipinski definition) is 2. The highest BCUT2D eigenvalue weighted by Gasteiger charge is 2.15. The van der Waals surface area contributed by atoms with Crippen LogP contribution in [-0.4, -0.2) is 29.8 Å². The van der Waals surface area contributed by atoms with Gasteiger partial charge in [-0.15, -0.1) is 0 Å². The summed E-state index contributed by atoms with van der Waals surface area (Å²) in [5.41, 5.74) is 1.25. The lowest BCUT2D eigenvalue weighted by Gasteiger charge is -2.29. The molecule has 78 valence electrons. The van der Waals surface area contributed by atoms with Gasteiger partial charge in [-0.3, -0.25) is 4.90 Å². The Kier molecular flexibility index (Phi) is 5.05. The van der Waals surface area contributed by atoms with Crippen molar-refractivity contribution in [2.45, 2.75) is 18.1 Å². The van der Waals surface area contributed by atoms with Gasteiger partial charge in [-0.05, 0) is 31.5 Å². The quantitative estimate of drug-likeness (QED) is 0.550. The van der Waals surface area contributed by atoms with Gasteiger partial charge in [-0.1, -0.05) is 31.4 Å². The van der Waals surface area contributed by atoms with Crippen molar-refractivity contribution < 1.29 is 0 Å². The molecule has 0 unspecified atom stereocenters. The minimum Gasteiger partial charge on any atom is -0.299 e. The summed E-state index contributed by atoms with van der Waals surface area (Å²) in [5, 5.41) is 0.599. The fourth-order valence-electron chi connectivity index (χ4n) is 1.67. The van der Waals surface area contributed by atoms with E-state index < -0.39 is 0 Å². The third kappa shape index (κ3) is 3.72. The molecule has 1 nitrogen and oxygen atoms in total. The minimum absolute atomic E-state index is 0.599. The number of likely N-dealkylation sites (tertiary alicyclic amines) is 1. The second-order valence-electron chi connectivity index (χ2n) is 3.69.